The monoisotopic (exact) mass is 511 g/mol. The molecule has 5 nitrogen and oxygen atoms in total. The van der Waals surface area contributed by atoms with Gasteiger partial charge >= 0.3 is 0 Å². The molecule has 0 bridgehead atoms. The molecule has 0 atom stereocenters. The van der Waals surface area contributed by atoms with Crippen molar-refractivity contribution in [2.75, 3.05) is 0 Å². The minimum Gasteiger partial charge on any atom is -0.508 e. The molecule has 0 radical (unpaired) electrons. The Morgan fingerprint density at radius 1 is 0.757 bits per heavy atom. The highest BCUT2D eigenvalue weighted by atomic mass is 16.5. The molecule has 1 N–H and O–H groups in total. The lowest BCUT2D eigenvalue weighted by Crippen LogP contribution is -2.19. The lowest BCUT2D eigenvalue weighted by atomic mass is 10.0. The van der Waals surface area contributed by atoms with E-state index < -0.39 is 0 Å². The molecular weight excluding hydrogens is 462 g/mol. The average molecular weight is 512 g/mol. The zero-order chi connectivity index (χ0) is 26.7. The zero-order valence-electron chi connectivity index (χ0n) is 23.3. The molecule has 0 saturated heterocycles. The molecule has 5 heteroatoms. The van der Waals surface area contributed by atoms with E-state index in [9.17, 15) is 14.7 Å². The number of aryl methyl sites for hydroxylation is 1. The third kappa shape index (κ3) is 12.5. The number of rotatable bonds is 21. The fraction of sp³-hybridized carbons (Fsp3) is 0.625. The molecule has 0 spiro atoms. The number of pyridine rings is 1. The number of aromatic nitrogens is 1. The van der Waals surface area contributed by atoms with Crippen LogP contribution in [0.15, 0.2) is 41.3 Å². The Hall–Kier alpha value is -2.56. The van der Waals surface area contributed by atoms with Crippen LogP contribution in [0.25, 0.3) is 0 Å². The van der Waals surface area contributed by atoms with Gasteiger partial charge in [-0.25, -0.2) is 0 Å². The van der Waals surface area contributed by atoms with Crippen LogP contribution in [0.4, 0.5) is 0 Å². The molecular formula is C32H49NO4. The molecule has 206 valence electrons. The van der Waals surface area contributed by atoms with Crippen LogP contribution >= 0.6 is 0 Å². The number of hydrogen-bond acceptors (Lipinski definition) is 4. The van der Waals surface area contributed by atoms with Crippen LogP contribution < -0.4 is 10.2 Å². The molecule has 0 aliphatic carbocycles. The van der Waals surface area contributed by atoms with E-state index in [0.717, 1.165) is 18.4 Å². The summed E-state index contributed by atoms with van der Waals surface area (Å²) in [6.45, 7) is 4.61. The van der Waals surface area contributed by atoms with Gasteiger partial charge in [0.25, 0.3) is 0 Å². The summed E-state index contributed by atoms with van der Waals surface area (Å²) in [4.78, 5) is 24.9. The van der Waals surface area contributed by atoms with Crippen LogP contribution in [0.5, 0.6) is 11.5 Å². The second kappa shape index (κ2) is 18.6. The molecule has 0 aliphatic rings. The Bertz CT molecular complexity index is 948. The first-order chi connectivity index (χ1) is 18.0. The third-order valence-corrected chi connectivity index (χ3v) is 7.04. The van der Waals surface area contributed by atoms with Crippen molar-refractivity contribution in [2.45, 2.75) is 130 Å². The molecule has 0 aliphatic heterocycles. The number of benzene rings is 1. The Morgan fingerprint density at radius 2 is 1.24 bits per heavy atom. The van der Waals surface area contributed by atoms with Gasteiger partial charge in [0.2, 0.25) is 5.43 Å². The highest BCUT2D eigenvalue weighted by Gasteiger charge is 2.17. The maximum Gasteiger partial charge on any atom is 0.224 e. The highest BCUT2D eigenvalue weighted by molar-refractivity contribution is 5.95. The number of nitrogens with zero attached hydrogens (tertiary/aromatic N) is 1. The van der Waals surface area contributed by atoms with E-state index in [0.29, 0.717) is 12.2 Å². The SMILES string of the molecule is CCCCCCCCCCCCCCCCCCn1ccc(=O)c(OCc2ccc(O)cc2)c1C(C)=O. The number of phenols is 1. The van der Waals surface area contributed by atoms with E-state index in [1.165, 1.54) is 103 Å². The lowest BCUT2D eigenvalue weighted by Gasteiger charge is -2.16. The second-order valence-electron chi connectivity index (χ2n) is 10.4. The molecule has 1 aromatic carbocycles. The third-order valence-electron chi connectivity index (χ3n) is 7.04. The number of hydrogen-bond donors (Lipinski definition) is 1. The van der Waals surface area contributed by atoms with Crippen LogP contribution in [-0.4, -0.2) is 15.5 Å². The van der Waals surface area contributed by atoms with Crippen LogP contribution in [0.3, 0.4) is 0 Å². The van der Waals surface area contributed by atoms with E-state index >= 15 is 0 Å². The van der Waals surface area contributed by atoms with Gasteiger partial charge in [-0.2, -0.15) is 0 Å². The van der Waals surface area contributed by atoms with Gasteiger partial charge in [0.05, 0.1) is 0 Å². The lowest BCUT2D eigenvalue weighted by molar-refractivity contribution is 0.0997. The molecule has 0 saturated carbocycles. The van der Waals surface area contributed by atoms with Crippen molar-refractivity contribution in [3.63, 3.8) is 0 Å². The largest absolute Gasteiger partial charge is 0.508 e. The van der Waals surface area contributed by atoms with Crippen molar-refractivity contribution >= 4 is 5.78 Å². The van der Waals surface area contributed by atoms with Crippen LogP contribution in [0.2, 0.25) is 0 Å². The fourth-order valence-corrected chi connectivity index (χ4v) is 4.82. The number of unbranched alkanes of at least 4 members (excludes halogenated alkanes) is 15. The van der Waals surface area contributed by atoms with Gasteiger partial charge in [0.1, 0.15) is 18.1 Å². The standard InChI is InChI=1S/C32H49NO4/c1-3-4-5-6-7-8-9-10-11-12-13-14-15-16-17-18-24-33-25-23-30(36)32(31(33)27(2)34)37-26-28-19-21-29(35)22-20-28/h19-23,25,35H,3-18,24,26H2,1-2H3. The number of aromatic hydroxyl groups is 1. The van der Waals surface area contributed by atoms with Gasteiger partial charge in [0, 0.05) is 25.7 Å². The summed E-state index contributed by atoms with van der Waals surface area (Å²) in [6, 6.07) is 8.10. The van der Waals surface area contributed by atoms with Crippen molar-refractivity contribution in [2.24, 2.45) is 0 Å². The smallest absolute Gasteiger partial charge is 0.224 e. The van der Waals surface area contributed by atoms with E-state index in [1.807, 2.05) is 4.57 Å². The summed E-state index contributed by atoms with van der Waals surface area (Å²) in [5.41, 5.74) is 0.874. The number of carbonyl (C=O) groups excluding carboxylic acids is 1. The Labute approximate surface area is 224 Å². The fourth-order valence-electron chi connectivity index (χ4n) is 4.82. The van der Waals surface area contributed by atoms with Crippen molar-refractivity contribution in [3.8, 4) is 11.5 Å². The normalized spacial score (nSPS) is 11.1. The molecule has 0 fully saturated rings. The number of carbonyl (C=O) groups is 1. The predicted octanol–water partition coefficient (Wildman–Crippen LogP) is 8.60. The minimum absolute atomic E-state index is 0.111. The van der Waals surface area contributed by atoms with Gasteiger partial charge in [-0.05, 0) is 24.1 Å². The van der Waals surface area contributed by atoms with E-state index in [2.05, 4.69) is 6.92 Å². The zero-order valence-corrected chi connectivity index (χ0v) is 23.3. The van der Waals surface area contributed by atoms with E-state index in [-0.39, 0.29) is 29.3 Å². The maximum absolute atomic E-state index is 12.5. The van der Waals surface area contributed by atoms with Crippen molar-refractivity contribution in [3.05, 3.63) is 58.0 Å². The predicted molar refractivity (Wildman–Crippen MR) is 153 cm³/mol. The van der Waals surface area contributed by atoms with Gasteiger partial charge in [0.15, 0.2) is 11.5 Å². The Kier molecular flexibility index (Phi) is 15.5. The van der Waals surface area contributed by atoms with Gasteiger partial charge in [-0.1, -0.05) is 115 Å². The Balaban J connectivity index is 1.62. The molecule has 0 unspecified atom stereocenters. The van der Waals surface area contributed by atoms with Gasteiger partial charge in [-0.15, -0.1) is 0 Å². The van der Waals surface area contributed by atoms with Crippen LogP contribution in [-0.2, 0) is 13.2 Å². The van der Waals surface area contributed by atoms with Crippen LogP contribution in [0, 0.1) is 0 Å². The minimum atomic E-state index is -0.285. The first-order valence-corrected chi connectivity index (χ1v) is 14.7. The molecule has 0 amide bonds. The average Bonchev–Trinajstić information content (AvgIpc) is 2.89. The topological polar surface area (TPSA) is 68.5 Å². The summed E-state index contributed by atoms with van der Waals surface area (Å²) in [6.07, 6.45) is 22.8. The Morgan fingerprint density at radius 3 is 1.73 bits per heavy atom. The second-order valence-corrected chi connectivity index (χ2v) is 10.4. The summed E-state index contributed by atoms with van der Waals surface area (Å²) >= 11 is 0. The van der Waals surface area contributed by atoms with Gasteiger partial charge in [-0.3, -0.25) is 9.59 Å². The first-order valence-electron chi connectivity index (χ1n) is 14.7. The van der Waals surface area contributed by atoms with Crippen LogP contribution in [0.1, 0.15) is 133 Å². The molecule has 1 heterocycles. The van der Waals surface area contributed by atoms with E-state index in [4.69, 9.17) is 4.74 Å². The summed E-state index contributed by atoms with van der Waals surface area (Å²) in [7, 11) is 0. The number of ketones is 1. The summed E-state index contributed by atoms with van der Waals surface area (Å²) in [5.74, 6) is 0.114. The van der Waals surface area contributed by atoms with Crippen molar-refractivity contribution in [1.82, 2.24) is 4.57 Å². The maximum atomic E-state index is 12.5. The molecule has 2 rings (SSSR count). The highest BCUT2D eigenvalue weighted by Crippen LogP contribution is 2.19. The quantitative estimate of drug-likeness (QED) is 0.135. The molecule has 1 aromatic heterocycles. The molecule has 2 aromatic rings. The van der Waals surface area contributed by atoms with Gasteiger partial charge < -0.3 is 14.4 Å². The number of ether oxygens (including phenoxy) is 1. The van der Waals surface area contributed by atoms with E-state index in [1.54, 1.807) is 30.5 Å². The van der Waals surface area contributed by atoms with Crippen molar-refractivity contribution < 1.29 is 14.6 Å². The first kappa shape index (κ1) is 30.7. The van der Waals surface area contributed by atoms with Crippen molar-refractivity contribution in [1.29, 1.82) is 0 Å². The number of Topliss-reactive ketones (excluding diaryl/α,β-unsaturated/α-hetero) is 1. The summed E-state index contributed by atoms with van der Waals surface area (Å²) < 4.78 is 7.65. The molecule has 37 heavy (non-hydrogen) atoms. The number of phenolic OH excluding ortho intramolecular Hbond substituents is 1. The summed E-state index contributed by atoms with van der Waals surface area (Å²) in [5, 5.41) is 9.44.